The molecule has 2 N–H and O–H groups in total. The summed E-state index contributed by atoms with van der Waals surface area (Å²) in [6.07, 6.45) is 7.29. The molecule has 1 unspecified atom stereocenters. The van der Waals surface area contributed by atoms with Crippen molar-refractivity contribution in [2.45, 2.75) is 13.8 Å². The lowest BCUT2D eigenvalue weighted by Gasteiger charge is -2.12. The zero-order valence-corrected chi connectivity index (χ0v) is 17.7. The lowest BCUT2D eigenvalue weighted by Crippen LogP contribution is -2.34. The number of benzene rings is 2. The van der Waals surface area contributed by atoms with Crippen molar-refractivity contribution >= 4 is 29.2 Å². The SMILES string of the molecule is CC=C(C)C=CC(=O)C(C(=O)C=Cc1ccc(O)cc1)C(=O)Nc1ccc(OC)cc1. The molecule has 0 heterocycles. The van der Waals surface area contributed by atoms with Crippen LogP contribution in [0.2, 0.25) is 0 Å². The molecule has 2 aromatic carbocycles. The Balaban J connectivity index is 2.26. The molecule has 160 valence electrons. The van der Waals surface area contributed by atoms with Gasteiger partial charge in [-0.05, 0) is 68.0 Å². The van der Waals surface area contributed by atoms with Crippen LogP contribution in [0.5, 0.6) is 11.5 Å². The van der Waals surface area contributed by atoms with Gasteiger partial charge < -0.3 is 15.2 Å². The zero-order chi connectivity index (χ0) is 22.8. The van der Waals surface area contributed by atoms with E-state index in [1.165, 1.54) is 37.5 Å². The third kappa shape index (κ3) is 7.12. The Morgan fingerprint density at radius 3 is 2.13 bits per heavy atom. The number of hydrogen-bond donors (Lipinski definition) is 2. The van der Waals surface area contributed by atoms with E-state index in [4.69, 9.17) is 4.74 Å². The second kappa shape index (κ2) is 11.3. The number of anilines is 1. The number of ether oxygens (including phenoxy) is 1. The highest BCUT2D eigenvalue weighted by Crippen LogP contribution is 2.17. The van der Waals surface area contributed by atoms with E-state index in [0.29, 0.717) is 17.0 Å². The molecule has 31 heavy (non-hydrogen) atoms. The lowest BCUT2D eigenvalue weighted by molar-refractivity contribution is -0.134. The fraction of sp³-hybridized carbons (Fsp3) is 0.160. The number of amides is 1. The van der Waals surface area contributed by atoms with Crippen LogP contribution >= 0.6 is 0 Å². The third-order valence-electron chi connectivity index (χ3n) is 4.49. The van der Waals surface area contributed by atoms with E-state index in [1.807, 2.05) is 19.9 Å². The number of carbonyl (C=O) groups is 3. The summed E-state index contributed by atoms with van der Waals surface area (Å²) in [5.41, 5.74) is 1.91. The smallest absolute Gasteiger partial charge is 0.243 e. The minimum absolute atomic E-state index is 0.0971. The molecule has 0 radical (unpaired) electrons. The van der Waals surface area contributed by atoms with Gasteiger partial charge in [-0.25, -0.2) is 0 Å². The van der Waals surface area contributed by atoms with Gasteiger partial charge in [0.1, 0.15) is 11.5 Å². The van der Waals surface area contributed by atoms with Crippen LogP contribution in [0.15, 0.2) is 78.4 Å². The van der Waals surface area contributed by atoms with Crippen LogP contribution in [0.1, 0.15) is 19.4 Å². The second-order valence-electron chi connectivity index (χ2n) is 6.75. The molecule has 1 atom stereocenters. The summed E-state index contributed by atoms with van der Waals surface area (Å²) < 4.78 is 5.08. The normalized spacial score (nSPS) is 12.7. The summed E-state index contributed by atoms with van der Waals surface area (Å²) in [4.78, 5) is 38.3. The van der Waals surface area contributed by atoms with E-state index in [0.717, 1.165) is 5.57 Å². The Bertz CT molecular complexity index is 1010. The molecule has 0 saturated carbocycles. The first-order chi connectivity index (χ1) is 14.8. The molecule has 1 amide bonds. The van der Waals surface area contributed by atoms with Gasteiger partial charge in [0.05, 0.1) is 7.11 Å². The lowest BCUT2D eigenvalue weighted by atomic mass is 9.95. The predicted molar refractivity (Wildman–Crippen MR) is 121 cm³/mol. The maximum atomic E-state index is 12.8. The molecule has 0 aromatic heterocycles. The van der Waals surface area contributed by atoms with Crippen molar-refractivity contribution in [1.82, 2.24) is 0 Å². The number of aromatic hydroxyl groups is 1. The monoisotopic (exact) mass is 419 g/mol. The number of allylic oxidation sites excluding steroid dienone is 5. The highest BCUT2D eigenvalue weighted by Gasteiger charge is 2.31. The minimum Gasteiger partial charge on any atom is -0.508 e. The molecule has 6 nitrogen and oxygen atoms in total. The first-order valence-electron chi connectivity index (χ1n) is 9.64. The molecular weight excluding hydrogens is 394 g/mol. The molecule has 0 bridgehead atoms. The summed E-state index contributed by atoms with van der Waals surface area (Å²) in [5, 5.41) is 12.0. The Morgan fingerprint density at radius 2 is 1.55 bits per heavy atom. The van der Waals surface area contributed by atoms with E-state index in [-0.39, 0.29) is 5.75 Å². The largest absolute Gasteiger partial charge is 0.508 e. The zero-order valence-electron chi connectivity index (χ0n) is 17.7. The summed E-state index contributed by atoms with van der Waals surface area (Å²) >= 11 is 0. The molecule has 0 saturated heterocycles. The Kier molecular flexibility index (Phi) is 8.52. The standard InChI is InChI=1S/C25H25NO5/c1-4-17(2)5-15-22(28)24(23(29)16-8-18-6-11-20(27)12-7-18)25(30)26-19-9-13-21(31-3)14-10-19/h4-16,24,27H,1-3H3,(H,26,30). The van der Waals surface area contributed by atoms with Crippen LogP contribution in [0.3, 0.4) is 0 Å². The average molecular weight is 419 g/mol. The predicted octanol–water partition coefficient (Wildman–Crippen LogP) is 4.33. The molecule has 0 aliphatic heterocycles. The van der Waals surface area contributed by atoms with E-state index in [9.17, 15) is 19.5 Å². The van der Waals surface area contributed by atoms with Crippen molar-refractivity contribution < 1.29 is 24.2 Å². The van der Waals surface area contributed by atoms with Gasteiger partial charge in [0.15, 0.2) is 17.5 Å². The van der Waals surface area contributed by atoms with Crippen molar-refractivity contribution in [1.29, 1.82) is 0 Å². The third-order valence-corrected chi connectivity index (χ3v) is 4.49. The van der Waals surface area contributed by atoms with E-state index < -0.39 is 23.4 Å². The van der Waals surface area contributed by atoms with Crippen LogP contribution in [-0.2, 0) is 14.4 Å². The Hall–Kier alpha value is -3.93. The van der Waals surface area contributed by atoms with Crippen molar-refractivity contribution in [3.8, 4) is 11.5 Å². The highest BCUT2D eigenvalue weighted by molar-refractivity contribution is 6.27. The maximum Gasteiger partial charge on any atom is 0.243 e. The van der Waals surface area contributed by atoms with Crippen LogP contribution in [-0.4, -0.2) is 29.7 Å². The Morgan fingerprint density at radius 1 is 0.935 bits per heavy atom. The number of ketones is 2. The fourth-order valence-electron chi connectivity index (χ4n) is 2.55. The summed E-state index contributed by atoms with van der Waals surface area (Å²) in [5.74, 6) is -2.81. The number of phenolic OH excluding ortho intramolecular Hbond substituents is 1. The summed E-state index contributed by atoms with van der Waals surface area (Å²) in [6.45, 7) is 3.63. The topological polar surface area (TPSA) is 92.7 Å². The number of nitrogens with one attached hydrogen (secondary N) is 1. The van der Waals surface area contributed by atoms with Crippen LogP contribution in [0.25, 0.3) is 6.08 Å². The van der Waals surface area contributed by atoms with E-state index in [1.54, 1.807) is 42.5 Å². The van der Waals surface area contributed by atoms with Crippen molar-refractivity contribution in [2.75, 3.05) is 12.4 Å². The van der Waals surface area contributed by atoms with Gasteiger partial charge in [-0.15, -0.1) is 0 Å². The Labute approximate surface area is 181 Å². The van der Waals surface area contributed by atoms with Gasteiger partial charge in [0.25, 0.3) is 0 Å². The van der Waals surface area contributed by atoms with Crippen LogP contribution in [0.4, 0.5) is 5.69 Å². The molecule has 0 aliphatic carbocycles. The first kappa shape index (κ1) is 23.3. The van der Waals surface area contributed by atoms with Gasteiger partial charge in [-0.1, -0.05) is 35.9 Å². The number of methoxy groups -OCH3 is 1. The molecule has 0 spiro atoms. The fourth-order valence-corrected chi connectivity index (χ4v) is 2.55. The molecule has 6 heteroatoms. The van der Waals surface area contributed by atoms with Gasteiger partial charge in [0, 0.05) is 5.69 Å². The summed E-state index contributed by atoms with van der Waals surface area (Å²) in [7, 11) is 1.53. The second-order valence-corrected chi connectivity index (χ2v) is 6.75. The van der Waals surface area contributed by atoms with Gasteiger partial charge >= 0.3 is 0 Å². The molecule has 0 fully saturated rings. The van der Waals surface area contributed by atoms with E-state index >= 15 is 0 Å². The minimum atomic E-state index is -1.53. The number of rotatable bonds is 9. The highest BCUT2D eigenvalue weighted by atomic mass is 16.5. The van der Waals surface area contributed by atoms with Crippen molar-refractivity contribution in [3.63, 3.8) is 0 Å². The number of phenols is 1. The quantitative estimate of drug-likeness (QED) is 0.359. The van der Waals surface area contributed by atoms with Crippen LogP contribution in [0, 0.1) is 5.92 Å². The maximum absolute atomic E-state index is 12.8. The molecular formula is C25H25NO5. The van der Waals surface area contributed by atoms with Crippen molar-refractivity contribution in [2.24, 2.45) is 5.92 Å². The molecule has 2 aromatic rings. The van der Waals surface area contributed by atoms with Gasteiger partial charge in [-0.3, -0.25) is 14.4 Å². The first-order valence-corrected chi connectivity index (χ1v) is 9.64. The van der Waals surface area contributed by atoms with Crippen LogP contribution < -0.4 is 10.1 Å². The number of hydrogen-bond acceptors (Lipinski definition) is 5. The summed E-state index contributed by atoms with van der Waals surface area (Å²) in [6, 6.07) is 12.7. The number of carbonyl (C=O) groups excluding carboxylic acids is 3. The van der Waals surface area contributed by atoms with Crippen molar-refractivity contribution in [3.05, 3.63) is 84.0 Å². The molecule has 0 aliphatic rings. The van der Waals surface area contributed by atoms with Gasteiger partial charge in [-0.2, -0.15) is 0 Å². The average Bonchev–Trinajstić information content (AvgIpc) is 2.77. The van der Waals surface area contributed by atoms with Gasteiger partial charge in [0.2, 0.25) is 5.91 Å². The van der Waals surface area contributed by atoms with E-state index in [2.05, 4.69) is 5.32 Å². The molecule has 2 rings (SSSR count).